The van der Waals surface area contributed by atoms with Gasteiger partial charge >= 0.3 is 0 Å². The van der Waals surface area contributed by atoms with Crippen LogP contribution >= 0.6 is 35.0 Å². The normalized spacial score (nSPS) is 12.0. The van der Waals surface area contributed by atoms with Gasteiger partial charge in [0.15, 0.2) is 17.1 Å². The van der Waals surface area contributed by atoms with Gasteiger partial charge in [-0.25, -0.2) is 0 Å². The third kappa shape index (κ3) is 5.10. The molecule has 1 heterocycles. The van der Waals surface area contributed by atoms with Gasteiger partial charge in [-0.15, -0.1) is 16.8 Å². The molecule has 0 amide bonds. The van der Waals surface area contributed by atoms with Crippen LogP contribution in [0.3, 0.4) is 0 Å². The van der Waals surface area contributed by atoms with Gasteiger partial charge in [-0.05, 0) is 49.2 Å². The highest BCUT2D eigenvalue weighted by atomic mass is 35.5. The van der Waals surface area contributed by atoms with Crippen molar-refractivity contribution in [1.82, 2.24) is 14.8 Å². The second-order valence-electron chi connectivity index (χ2n) is 6.35. The first kappa shape index (κ1) is 20.8. The Morgan fingerprint density at radius 3 is 2.64 bits per heavy atom. The van der Waals surface area contributed by atoms with Crippen molar-refractivity contribution in [1.29, 1.82) is 0 Å². The zero-order valence-corrected chi connectivity index (χ0v) is 18.1. The van der Waals surface area contributed by atoms with Crippen molar-refractivity contribution in [3.8, 4) is 5.75 Å². The van der Waals surface area contributed by atoms with Crippen LogP contribution in [-0.2, 0) is 12.3 Å². The summed E-state index contributed by atoms with van der Waals surface area (Å²) in [6.07, 6.45) is 1.52. The zero-order valence-electron chi connectivity index (χ0n) is 15.7. The van der Waals surface area contributed by atoms with Crippen LogP contribution in [0, 0.1) is 6.92 Å². The molecule has 0 spiro atoms. The Bertz CT molecular complexity index is 957. The fourth-order valence-corrected chi connectivity index (χ4v) is 3.88. The molecule has 0 bridgehead atoms. The molecule has 3 aromatic rings. The third-order valence-corrected chi connectivity index (χ3v) is 5.69. The van der Waals surface area contributed by atoms with E-state index in [9.17, 15) is 0 Å². The number of thioether (sulfide) groups is 1. The number of ether oxygens (including phenoxy) is 1. The highest BCUT2D eigenvalue weighted by molar-refractivity contribution is 7.98. The van der Waals surface area contributed by atoms with Crippen molar-refractivity contribution in [3.63, 3.8) is 0 Å². The van der Waals surface area contributed by atoms with Crippen molar-refractivity contribution in [3.05, 3.63) is 82.1 Å². The van der Waals surface area contributed by atoms with E-state index >= 15 is 0 Å². The summed E-state index contributed by atoms with van der Waals surface area (Å²) >= 11 is 13.8. The minimum absolute atomic E-state index is 0.309. The van der Waals surface area contributed by atoms with Gasteiger partial charge in [-0.3, -0.25) is 4.57 Å². The topological polar surface area (TPSA) is 39.9 Å². The molecule has 0 fully saturated rings. The molecule has 4 nitrogen and oxygen atoms in total. The average molecular weight is 434 g/mol. The van der Waals surface area contributed by atoms with Crippen molar-refractivity contribution < 1.29 is 4.74 Å². The van der Waals surface area contributed by atoms with E-state index in [0.717, 1.165) is 27.3 Å². The lowest BCUT2D eigenvalue weighted by molar-refractivity contribution is 0.210. The highest BCUT2D eigenvalue weighted by Crippen LogP contribution is 2.31. The standard InChI is InChI=1S/C21H21Cl2N3OS/c1-4-11-26-20(15(3)27-19-12-14(2)5-10-18(19)23)24-25-21(26)28-13-16-6-8-17(22)9-7-16/h4-10,12,15H,1,11,13H2,2-3H3. The number of allylic oxidation sites excluding steroid dienone is 1. The molecule has 0 saturated carbocycles. The Kier molecular flexibility index (Phi) is 7.05. The molecule has 0 saturated heterocycles. The maximum Gasteiger partial charge on any atom is 0.191 e. The first-order chi connectivity index (χ1) is 13.5. The molecule has 0 aliphatic heterocycles. The lowest BCUT2D eigenvalue weighted by Gasteiger charge is -2.17. The van der Waals surface area contributed by atoms with E-state index in [1.807, 2.05) is 67.0 Å². The number of halogens is 2. The van der Waals surface area contributed by atoms with Gasteiger partial charge in [0.25, 0.3) is 0 Å². The van der Waals surface area contributed by atoms with Crippen LogP contribution in [0.4, 0.5) is 0 Å². The molecular weight excluding hydrogens is 413 g/mol. The van der Waals surface area contributed by atoms with Gasteiger partial charge in [0.1, 0.15) is 5.75 Å². The first-order valence-corrected chi connectivity index (χ1v) is 10.6. The maximum atomic E-state index is 6.27. The summed E-state index contributed by atoms with van der Waals surface area (Å²) < 4.78 is 8.09. The van der Waals surface area contributed by atoms with Gasteiger partial charge in [0.2, 0.25) is 0 Å². The molecule has 28 heavy (non-hydrogen) atoms. The van der Waals surface area contributed by atoms with Crippen molar-refractivity contribution >= 4 is 35.0 Å². The zero-order chi connectivity index (χ0) is 20.1. The quantitative estimate of drug-likeness (QED) is 0.299. The van der Waals surface area contributed by atoms with Crippen LogP contribution in [0.25, 0.3) is 0 Å². The number of hydrogen-bond donors (Lipinski definition) is 0. The van der Waals surface area contributed by atoms with Crippen LogP contribution in [0.2, 0.25) is 10.0 Å². The van der Waals surface area contributed by atoms with Crippen LogP contribution in [0.5, 0.6) is 5.75 Å². The van der Waals surface area contributed by atoms with Gasteiger partial charge in [0.05, 0.1) is 5.02 Å². The first-order valence-electron chi connectivity index (χ1n) is 8.82. The summed E-state index contributed by atoms with van der Waals surface area (Å²) in [5.41, 5.74) is 2.25. The summed E-state index contributed by atoms with van der Waals surface area (Å²) in [6.45, 7) is 8.39. The predicted molar refractivity (Wildman–Crippen MR) is 116 cm³/mol. The van der Waals surface area contributed by atoms with Crippen molar-refractivity contribution in [2.75, 3.05) is 0 Å². The molecule has 1 atom stereocenters. The maximum absolute atomic E-state index is 6.27. The van der Waals surface area contributed by atoms with Crippen LogP contribution < -0.4 is 4.74 Å². The Morgan fingerprint density at radius 1 is 1.18 bits per heavy atom. The molecule has 1 aromatic heterocycles. The number of hydrogen-bond acceptors (Lipinski definition) is 4. The molecule has 0 radical (unpaired) electrons. The molecule has 7 heteroatoms. The largest absolute Gasteiger partial charge is 0.481 e. The Morgan fingerprint density at radius 2 is 1.93 bits per heavy atom. The molecule has 2 aromatic carbocycles. The molecule has 0 aliphatic rings. The van der Waals surface area contributed by atoms with Crippen LogP contribution in [0.1, 0.15) is 30.0 Å². The smallest absolute Gasteiger partial charge is 0.191 e. The fourth-order valence-electron chi connectivity index (χ4n) is 2.68. The predicted octanol–water partition coefficient (Wildman–Crippen LogP) is 6.51. The Balaban J connectivity index is 1.78. The summed E-state index contributed by atoms with van der Waals surface area (Å²) in [5, 5.41) is 10.8. The highest BCUT2D eigenvalue weighted by Gasteiger charge is 2.20. The molecule has 1 unspecified atom stereocenters. The summed E-state index contributed by atoms with van der Waals surface area (Å²) in [6, 6.07) is 13.5. The van der Waals surface area contributed by atoms with E-state index in [4.69, 9.17) is 27.9 Å². The second kappa shape index (κ2) is 9.50. The number of rotatable bonds is 8. The second-order valence-corrected chi connectivity index (χ2v) is 8.14. The van der Waals surface area contributed by atoms with Gasteiger partial charge in [-0.2, -0.15) is 0 Å². The average Bonchev–Trinajstić information content (AvgIpc) is 3.07. The number of benzene rings is 2. The lowest BCUT2D eigenvalue weighted by atomic mass is 10.2. The van der Waals surface area contributed by atoms with Crippen LogP contribution in [0.15, 0.2) is 60.3 Å². The summed E-state index contributed by atoms with van der Waals surface area (Å²) in [5.74, 6) is 2.14. The molecule has 0 N–H and O–H groups in total. The van der Waals surface area contributed by atoms with E-state index in [0.29, 0.717) is 17.3 Å². The Labute approximate surface area is 179 Å². The van der Waals surface area contributed by atoms with E-state index in [1.165, 1.54) is 5.56 Å². The van der Waals surface area contributed by atoms with Crippen molar-refractivity contribution in [2.24, 2.45) is 0 Å². The van der Waals surface area contributed by atoms with E-state index < -0.39 is 0 Å². The summed E-state index contributed by atoms with van der Waals surface area (Å²) in [4.78, 5) is 0. The molecule has 0 aliphatic carbocycles. The van der Waals surface area contributed by atoms with Crippen molar-refractivity contribution in [2.45, 2.75) is 37.4 Å². The molecular formula is C21H21Cl2N3OS. The number of nitrogens with zero attached hydrogens (tertiary/aromatic N) is 3. The Hall–Kier alpha value is -1.95. The van der Waals surface area contributed by atoms with E-state index in [-0.39, 0.29) is 6.10 Å². The van der Waals surface area contributed by atoms with Gasteiger partial charge in [0, 0.05) is 17.3 Å². The van der Waals surface area contributed by atoms with Crippen LogP contribution in [-0.4, -0.2) is 14.8 Å². The molecule has 146 valence electrons. The van der Waals surface area contributed by atoms with E-state index in [2.05, 4.69) is 16.8 Å². The monoisotopic (exact) mass is 433 g/mol. The fraction of sp³-hybridized carbons (Fsp3) is 0.238. The molecule has 3 rings (SSSR count). The SMILES string of the molecule is C=CCn1c(SCc2ccc(Cl)cc2)nnc1C(C)Oc1cc(C)ccc1Cl. The minimum Gasteiger partial charge on any atom is -0.481 e. The summed E-state index contributed by atoms with van der Waals surface area (Å²) in [7, 11) is 0. The third-order valence-electron chi connectivity index (χ3n) is 4.09. The van der Waals surface area contributed by atoms with Gasteiger partial charge < -0.3 is 4.74 Å². The lowest BCUT2D eigenvalue weighted by Crippen LogP contribution is -2.12. The minimum atomic E-state index is -0.309. The van der Waals surface area contributed by atoms with E-state index in [1.54, 1.807) is 11.8 Å². The number of aryl methyl sites for hydroxylation is 1. The van der Waals surface area contributed by atoms with Gasteiger partial charge in [-0.1, -0.05) is 59.2 Å². The number of aromatic nitrogens is 3.